The van der Waals surface area contributed by atoms with Gasteiger partial charge in [0.15, 0.2) is 0 Å². The summed E-state index contributed by atoms with van der Waals surface area (Å²) in [6, 6.07) is 15.7. The predicted molar refractivity (Wildman–Crippen MR) is 89.1 cm³/mol. The van der Waals surface area contributed by atoms with Crippen LogP contribution in [0.3, 0.4) is 0 Å². The van der Waals surface area contributed by atoms with Crippen molar-refractivity contribution >= 4 is 34.1 Å². The lowest BCUT2D eigenvalue weighted by molar-refractivity contribution is 0.697. The molecule has 0 amide bonds. The Balaban J connectivity index is 2.18. The minimum absolute atomic E-state index is 0.0114. The molecule has 0 spiro atoms. The van der Waals surface area contributed by atoms with E-state index in [1.807, 2.05) is 37.4 Å². The molecule has 0 aliphatic rings. The lowest BCUT2D eigenvalue weighted by Gasteiger charge is -2.20. The van der Waals surface area contributed by atoms with E-state index < -0.39 is 0 Å². The number of pyridine rings is 1. The van der Waals surface area contributed by atoms with Gasteiger partial charge in [0.05, 0.1) is 11.6 Å². The van der Waals surface area contributed by atoms with Gasteiger partial charge < -0.3 is 5.32 Å². The van der Waals surface area contributed by atoms with Gasteiger partial charge in [-0.2, -0.15) is 0 Å². The molecule has 1 N–H and O–H groups in total. The van der Waals surface area contributed by atoms with E-state index in [4.69, 9.17) is 23.2 Å². The van der Waals surface area contributed by atoms with Crippen molar-refractivity contribution in [2.75, 3.05) is 7.05 Å². The third-order valence-corrected chi connectivity index (χ3v) is 4.12. The van der Waals surface area contributed by atoms with Gasteiger partial charge in [-0.05, 0) is 42.4 Å². The lowest BCUT2D eigenvalue weighted by atomic mass is 9.95. The van der Waals surface area contributed by atoms with E-state index in [-0.39, 0.29) is 6.04 Å². The molecule has 0 aliphatic carbocycles. The number of hydrogen-bond acceptors (Lipinski definition) is 2. The Bertz CT molecular complexity index is 781. The summed E-state index contributed by atoms with van der Waals surface area (Å²) in [6.07, 6.45) is 1.80. The molecule has 1 aromatic heterocycles. The largest absolute Gasteiger partial charge is 0.309 e. The molecule has 0 fully saturated rings. The summed E-state index contributed by atoms with van der Waals surface area (Å²) in [4.78, 5) is 4.41. The van der Waals surface area contributed by atoms with Crippen LogP contribution in [-0.4, -0.2) is 12.0 Å². The highest BCUT2D eigenvalue weighted by molar-refractivity contribution is 6.35. The first kappa shape index (κ1) is 14.3. The zero-order valence-electron chi connectivity index (χ0n) is 11.5. The normalized spacial score (nSPS) is 12.5. The second-order valence-corrected chi connectivity index (χ2v) is 5.65. The molecule has 4 heteroatoms. The predicted octanol–water partition coefficient (Wildman–Crippen LogP) is 4.85. The number of rotatable bonds is 3. The molecular weight excluding hydrogens is 303 g/mol. The Kier molecular flexibility index (Phi) is 4.11. The highest BCUT2D eigenvalue weighted by atomic mass is 35.5. The third kappa shape index (κ3) is 2.75. The fraction of sp³-hybridized carbons (Fsp3) is 0.118. The number of halogens is 2. The molecule has 0 saturated heterocycles. The summed E-state index contributed by atoms with van der Waals surface area (Å²) in [5.74, 6) is 0. The molecule has 3 aromatic rings. The van der Waals surface area contributed by atoms with E-state index in [2.05, 4.69) is 22.4 Å². The van der Waals surface area contributed by atoms with Gasteiger partial charge in [-0.25, -0.2) is 0 Å². The van der Waals surface area contributed by atoms with Crippen molar-refractivity contribution in [1.82, 2.24) is 10.3 Å². The van der Waals surface area contributed by atoms with E-state index in [0.29, 0.717) is 10.0 Å². The lowest BCUT2D eigenvalue weighted by Crippen LogP contribution is -2.18. The zero-order chi connectivity index (χ0) is 14.8. The standard InChI is InChI=1S/C17H14Cl2N2/c1-20-17(14-8-7-11(18)10-15(14)19)13-4-2-6-16-12(13)5-3-9-21-16/h2-10,17,20H,1H3. The van der Waals surface area contributed by atoms with Crippen molar-refractivity contribution in [3.8, 4) is 0 Å². The third-order valence-electron chi connectivity index (χ3n) is 3.55. The maximum atomic E-state index is 6.36. The van der Waals surface area contributed by atoms with Crippen LogP contribution in [0.2, 0.25) is 10.0 Å². The molecule has 1 atom stereocenters. The molecule has 2 nitrogen and oxygen atoms in total. The van der Waals surface area contributed by atoms with Crippen LogP contribution in [0.25, 0.3) is 10.9 Å². The Labute approximate surface area is 133 Å². The highest BCUT2D eigenvalue weighted by Gasteiger charge is 2.17. The Morgan fingerprint density at radius 2 is 1.86 bits per heavy atom. The van der Waals surface area contributed by atoms with Gasteiger partial charge >= 0.3 is 0 Å². The number of aromatic nitrogens is 1. The summed E-state index contributed by atoms with van der Waals surface area (Å²) < 4.78 is 0. The number of nitrogens with zero attached hydrogens (tertiary/aromatic N) is 1. The van der Waals surface area contributed by atoms with E-state index in [1.54, 1.807) is 12.3 Å². The van der Waals surface area contributed by atoms with E-state index >= 15 is 0 Å². The molecule has 0 aliphatic heterocycles. The molecule has 0 bridgehead atoms. The fourth-order valence-electron chi connectivity index (χ4n) is 2.59. The smallest absolute Gasteiger partial charge is 0.0705 e. The molecule has 1 unspecified atom stereocenters. The minimum Gasteiger partial charge on any atom is -0.309 e. The van der Waals surface area contributed by atoms with Gasteiger partial charge in [0.2, 0.25) is 0 Å². The van der Waals surface area contributed by atoms with Crippen LogP contribution in [0.1, 0.15) is 17.2 Å². The second-order valence-electron chi connectivity index (χ2n) is 4.80. The number of benzene rings is 2. The average Bonchev–Trinajstić information content (AvgIpc) is 2.50. The number of nitrogens with one attached hydrogen (secondary N) is 1. The molecule has 106 valence electrons. The SMILES string of the molecule is CNC(c1ccc(Cl)cc1Cl)c1cccc2ncccc12. The van der Waals surface area contributed by atoms with Gasteiger partial charge in [0.1, 0.15) is 0 Å². The second kappa shape index (κ2) is 6.02. The first-order chi connectivity index (χ1) is 10.2. The van der Waals surface area contributed by atoms with Crippen LogP contribution < -0.4 is 5.32 Å². The average molecular weight is 317 g/mol. The summed E-state index contributed by atoms with van der Waals surface area (Å²) >= 11 is 12.4. The molecular formula is C17H14Cl2N2. The number of hydrogen-bond donors (Lipinski definition) is 1. The maximum absolute atomic E-state index is 6.36. The Hall–Kier alpha value is -1.61. The van der Waals surface area contributed by atoms with Gasteiger partial charge in [0.25, 0.3) is 0 Å². The molecule has 2 aromatic carbocycles. The molecule has 0 saturated carbocycles. The van der Waals surface area contributed by atoms with Crippen molar-refractivity contribution in [2.24, 2.45) is 0 Å². The van der Waals surface area contributed by atoms with Gasteiger partial charge in [0, 0.05) is 21.6 Å². The van der Waals surface area contributed by atoms with Crippen molar-refractivity contribution in [3.05, 3.63) is 75.9 Å². The summed E-state index contributed by atoms with van der Waals surface area (Å²) in [6.45, 7) is 0. The van der Waals surface area contributed by atoms with Crippen molar-refractivity contribution in [3.63, 3.8) is 0 Å². The van der Waals surface area contributed by atoms with Gasteiger partial charge in [-0.15, -0.1) is 0 Å². The highest BCUT2D eigenvalue weighted by Crippen LogP contribution is 2.33. The van der Waals surface area contributed by atoms with Gasteiger partial charge in [-0.1, -0.05) is 47.5 Å². The van der Waals surface area contributed by atoms with Crippen molar-refractivity contribution in [1.29, 1.82) is 0 Å². The van der Waals surface area contributed by atoms with Crippen LogP contribution in [0.4, 0.5) is 0 Å². The first-order valence-corrected chi connectivity index (χ1v) is 7.42. The fourth-order valence-corrected chi connectivity index (χ4v) is 3.11. The van der Waals surface area contributed by atoms with Crippen molar-refractivity contribution < 1.29 is 0 Å². The van der Waals surface area contributed by atoms with Gasteiger partial charge in [-0.3, -0.25) is 4.98 Å². The van der Waals surface area contributed by atoms with E-state index in [0.717, 1.165) is 22.0 Å². The van der Waals surface area contributed by atoms with E-state index in [9.17, 15) is 0 Å². The molecule has 1 heterocycles. The Morgan fingerprint density at radius 1 is 1.00 bits per heavy atom. The topological polar surface area (TPSA) is 24.9 Å². The van der Waals surface area contributed by atoms with Crippen LogP contribution in [0.15, 0.2) is 54.7 Å². The monoisotopic (exact) mass is 316 g/mol. The summed E-state index contributed by atoms with van der Waals surface area (Å²) in [5.41, 5.74) is 3.12. The van der Waals surface area contributed by atoms with Crippen LogP contribution in [0, 0.1) is 0 Å². The molecule has 3 rings (SSSR count). The molecule has 0 radical (unpaired) electrons. The van der Waals surface area contributed by atoms with Crippen LogP contribution in [0.5, 0.6) is 0 Å². The minimum atomic E-state index is -0.0114. The quantitative estimate of drug-likeness (QED) is 0.747. The van der Waals surface area contributed by atoms with Crippen LogP contribution in [-0.2, 0) is 0 Å². The maximum Gasteiger partial charge on any atom is 0.0705 e. The summed E-state index contributed by atoms with van der Waals surface area (Å²) in [5, 5.41) is 5.74. The van der Waals surface area contributed by atoms with Crippen molar-refractivity contribution in [2.45, 2.75) is 6.04 Å². The summed E-state index contributed by atoms with van der Waals surface area (Å²) in [7, 11) is 1.92. The van der Waals surface area contributed by atoms with Crippen LogP contribution >= 0.6 is 23.2 Å². The Morgan fingerprint density at radius 3 is 2.62 bits per heavy atom. The molecule has 21 heavy (non-hydrogen) atoms. The first-order valence-electron chi connectivity index (χ1n) is 6.66. The van der Waals surface area contributed by atoms with E-state index in [1.165, 1.54) is 0 Å². The number of fused-ring (bicyclic) bond motifs is 1. The zero-order valence-corrected chi connectivity index (χ0v) is 13.0.